The standard InChI is InChI=1S/C8H13N3O2S/c9-6-3-7(14-10-6)11-2-1-8(13,4-11)5-12/h3,12-13H,1-2,4-5H2,(H2,9,10). The summed E-state index contributed by atoms with van der Waals surface area (Å²) in [6.07, 6.45) is 0.585. The third-order valence-corrected chi connectivity index (χ3v) is 3.32. The number of aliphatic hydroxyl groups excluding tert-OH is 1. The van der Waals surface area contributed by atoms with Crippen molar-refractivity contribution < 1.29 is 10.2 Å². The molecule has 2 rings (SSSR count). The zero-order valence-electron chi connectivity index (χ0n) is 7.68. The van der Waals surface area contributed by atoms with Crippen LogP contribution < -0.4 is 10.6 Å². The molecule has 78 valence electrons. The van der Waals surface area contributed by atoms with Crippen molar-refractivity contribution in [2.24, 2.45) is 0 Å². The largest absolute Gasteiger partial charge is 0.393 e. The molecule has 2 heterocycles. The lowest BCUT2D eigenvalue weighted by atomic mass is 10.1. The Morgan fingerprint density at radius 3 is 3.00 bits per heavy atom. The quantitative estimate of drug-likeness (QED) is 0.628. The van der Waals surface area contributed by atoms with Gasteiger partial charge in [-0.1, -0.05) is 0 Å². The third-order valence-electron chi connectivity index (χ3n) is 2.45. The first-order valence-electron chi connectivity index (χ1n) is 4.43. The molecular weight excluding hydrogens is 202 g/mol. The number of hydrogen-bond acceptors (Lipinski definition) is 6. The van der Waals surface area contributed by atoms with E-state index < -0.39 is 5.60 Å². The second-order valence-corrected chi connectivity index (χ2v) is 4.43. The first-order valence-corrected chi connectivity index (χ1v) is 5.21. The number of rotatable bonds is 2. The summed E-state index contributed by atoms with van der Waals surface area (Å²) >= 11 is 1.32. The molecule has 1 atom stereocenters. The molecular formula is C8H13N3O2S. The minimum atomic E-state index is -0.960. The van der Waals surface area contributed by atoms with Gasteiger partial charge in [0.25, 0.3) is 0 Å². The predicted molar refractivity (Wildman–Crippen MR) is 55.4 cm³/mol. The number of nitrogen functional groups attached to an aromatic ring is 1. The number of nitrogens with zero attached hydrogens (tertiary/aromatic N) is 2. The molecule has 1 saturated heterocycles. The Hall–Kier alpha value is -0.850. The Balaban J connectivity index is 2.09. The van der Waals surface area contributed by atoms with E-state index in [1.54, 1.807) is 6.07 Å². The van der Waals surface area contributed by atoms with Crippen molar-refractivity contribution in [3.63, 3.8) is 0 Å². The van der Waals surface area contributed by atoms with E-state index in [4.69, 9.17) is 10.8 Å². The molecule has 14 heavy (non-hydrogen) atoms. The molecule has 5 nitrogen and oxygen atoms in total. The molecule has 1 aromatic heterocycles. The van der Waals surface area contributed by atoms with E-state index in [-0.39, 0.29) is 6.61 Å². The van der Waals surface area contributed by atoms with E-state index in [1.165, 1.54) is 11.5 Å². The van der Waals surface area contributed by atoms with Gasteiger partial charge in [0, 0.05) is 19.2 Å². The fraction of sp³-hybridized carbons (Fsp3) is 0.625. The van der Waals surface area contributed by atoms with Crippen molar-refractivity contribution in [2.75, 3.05) is 30.3 Å². The van der Waals surface area contributed by atoms with Gasteiger partial charge in [-0.25, -0.2) is 0 Å². The van der Waals surface area contributed by atoms with Crippen LogP contribution in [0.5, 0.6) is 0 Å². The highest BCUT2D eigenvalue weighted by Gasteiger charge is 2.36. The lowest BCUT2D eigenvalue weighted by Gasteiger charge is -2.20. The van der Waals surface area contributed by atoms with Crippen LogP contribution >= 0.6 is 11.5 Å². The molecule has 0 aromatic carbocycles. The van der Waals surface area contributed by atoms with Crippen LogP contribution in [0.2, 0.25) is 0 Å². The van der Waals surface area contributed by atoms with Gasteiger partial charge in [-0.3, -0.25) is 0 Å². The molecule has 1 fully saturated rings. The van der Waals surface area contributed by atoms with E-state index in [1.807, 2.05) is 4.90 Å². The molecule has 0 spiro atoms. The first kappa shape index (κ1) is 9.70. The molecule has 6 heteroatoms. The predicted octanol–water partition coefficient (Wildman–Crippen LogP) is -0.341. The summed E-state index contributed by atoms with van der Waals surface area (Å²) in [7, 11) is 0. The molecule has 1 aliphatic heterocycles. The molecule has 0 bridgehead atoms. The second-order valence-electron chi connectivity index (χ2n) is 3.64. The van der Waals surface area contributed by atoms with E-state index >= 15 is 0 Å². The maximum Gasteiger partial charge on any atom is 0.139 e. The van der Waals surface area contributed by atoms with Crippen molar-refractivity contribution in [3.8, 4) is 0 Å². The highest BCUT2D eigenvalue weighted by atomic mass is 32.1. The van der Waals surface area contributed by atoms with Gasteiger partial charge in [0.2, 0.25) is 0 Å². The van der Waals surface area contributed by atoms with Gasteiger partial charge in [0.15, 0.2) is 0 Å². The van der Waals surface area contributed by atoms with Crippen molar-refractivity contribution in [3.05, 3.63) is 6.07 Å². The SMILES string of the molecule is Nc1cc(N2CCC(O)(CO)C2)sn1. The Kier molecular flexibility index (Phi) is 2.34. The van der Waals surface area contributed by atoms with Gasteiger partial charge < -0.3 is 20.8 Å². The summed E-state index contributed by atoms with van der Waals surface area (Å²) in [4.78, 5) is 1.99. The highest BCUT2D eigenvalue weighted by molar-refractivity contribution is 7.10. The first-order chi connectivity index (χ1) is 6.63. The summed E-state index contributed by atoms with van der Waals surface area (Å²) < 4.78 is 3.97. The van der Waals surface area contributed by atoms with Crippen molar-refractivity contribution >= 4 is 22.4 Å². The molecule has 1 aliphatic rings. The molecule has 4 N–H and O–H groups in total. The molecule has 0 aliphatic carbocycles. The van der Waals surface area contributed by atoms with E-state index in [9.17, 15) is 5.11 Å². The van der Waals surface area contributed by atoms with E-state index in [0.29, 0.717) is 18.8 Å². The average Bonchev–Trinajstić information content (AvgIpc) is 2.73. The van der Waals surface area contributed by atoms with Gasteiger partial charge in [-0.05, 0) is 18.0 Å². The van der Waals surface area contributed by atoms with Crippen LogP contribution in [0, 0.1) is 0 Å². The van der Waals surface area contributed by atoms with Crippen molar-refractivity contribution in [1.82, 2.24) is 4.37 Å². The molecule has 0 radical (unpaired) electrons. The summed E-state index contributed by atoms with van der Waals surface area (Å²) in [6.45, 7) is 0.988. The topological polar surface area (TPSA) is 82.6 Å². The zero-order chi connectivity index (χ0) is 10.2. The van der Waals surface area contributed by atoms with Crippen LogP contribution in [-0.4, -0.2) is 39.9 Å². The van der Waals surface area contributed by atoms with E-state index in [0.717, 1.165) is 11.5 Å². The minimum absolute atomic E-state index is 0.197. The summed E-state index contributed by atoms with van der Waals surface area (Å²) in [5, 5.41) is 19.7. The Bertz CT molecular complexity index is 330. The third kappa shape index (κ3) is 1.68. The number of anilines is 2. The van der Waals surface area contributed by atoms with Crippen LogP contribution in [-0.2, 0) is 0 Å². The minimum Gasteiger partial charge on any atom is -0.393 e. The van der Waals surface area contributed by atoms with Crippen LogP contribution in [0.25, 0.3) is 0 Å². The summed E-state index contributed by atoms with van der Waals surface area (Å²) in [5.74, 6) is 0.504. The number of nitrogens with two attached hydrogens (primary N) is 1. The van der Waals surface area contributed by atoms with Crippen LogP contribution in [0.1, 0.15) is 6.42 Å². The van der Waals surface area contributed by atoms with Crippen LogP contribution in [0.15, 0.2) is 6.07 Å². The van der Waals surface area contributed by atoms with Crippen LogP contribution in [0.3, 0.4) is 0 Å². The summed E-state index contributed by atoms with van der Waals surface area (Å²) in [5.41, 5.74) is 4.55. The molecule has 1 unspecified atom stereocenters. The monoisotopic (exact) mass is 215 g/mol. The van der Waals surface area contributed by atoms with Gasteiger partial charge in [0.05, 0.1) is 6.61 Å². The maximum atomic E-state index is 9.80. The van der Waals surface area contributed by atoms with Gasteiger partial charge in [-0.15, -0.1) is 0 Å². The van der Waals surface area contributed by atoms with Crippen molar-refractivity contribution in [2.45, 2.75) is 12.0 Å². The van der Waals surface area contributed by atoms with Crippen molar-refractivity contribution in [1.29, 1.82) is 0 Å². The second kappa shape index (κ2) is 3.38. The maximum absolute atomic E-state index is 9.80. The lowest BCUT2D eigenvalue weighted by molar-refractivity contribution is 0.00479. The number of hydrogen-bond donors (Lipinski definition) is 3. The number of aromatic nitrogens is 1. The average molecular weight is 215 g/mol. The zero-order valence-corrected chi connectivity index (χ0v) is 8.50. The normalized spacial score (nSPS) is 27.1. The van der Waals surface area contributed by atoms with Crippen LogP contribution in [0.4, 0.5) is 10.8 Å². The van der Waals surface area contributed by atoms with Gasteiger partial charge in [0.1, 0.15) is 16.4 Å². The lowest BCUT2D eigenvalue weighted by Crippen LogP contribution is -2.36. The Morgan fingerprint density at radius 2 is 2.50 bits per heavy atom. The molecule has 1 aromatic rings. The smallest absolute Gasteiger partial charge is 0.139 e. The van der Waals surface area contributed by atoms with Gasteiger partial charge in [-0.2, -0.15) is 4.37 Å². The fourth-order valence-corrected chi connectivity index (χ4v) is 2.30. The molecule has 0 amide bonds. The Labute approximate surface area is 85.9 Å². The fourth-order valence-electron chi connectivity index (χ4n) is 1.60. The number of aliphatic hydroxyl groups is 2. The Morgan fingerprint density at radius 1 is 1.71 bits per heavy atom. The summed E-state index contributed by atoms with van der Waals surface area (Å²) in [6, 6.07) is 1.79. The highest BCUT2D eigenvalue weighted by Crippen LogP contribution is 2.30. The van der Waals surface area contributed by atoms with Gasteiger partial charge >= 0.3 is 0 Å². The molecule has 0 saturated carbocycles. The number of β-amino-alcohol motifs (C(OH)–C–C–N with tert-alkyl or cyclic N) is 1. The van der Waals surface area contributed by atoms with E-state index in [2.05, 4.69) is 4.37 Å².